The summed E-state index contributed by atoms with van der Waals surface area (Å²) in [4.78, 5) is 23.8. The maximum atomic E-state index is 12.4. The number of amides is 1. The number of aliphatic carboxylic acids is 1. The van der Waals surface area contributed by atoms with Crippen molar-refractivity contribution in [1.82, 2.24) is 5.32 Å². The summed E-state index contributed by atoms with van der Waals surface area (Å²) in [6.45, 7) is 5.83. The van der Waals surface area contributed by atoms with Gasteiger partial charge in [0.05, 0.1) is 19.3 Å². The number of para-hydroxylation sites is 1. The van der Waals surface area contributed by atoms with Crippen molar-refractivity contribution in [3.63, 3.8) is 0 Å². The van der Waals surface area contributed by atoms with Crippen molar-refractivity contribution in [1.29, 1.82) is 0 Å². The highest BCUT2D eigenvalue weighted by molar-refractivity contribution is 5.99. The number of carboxylic acid groups (broad SMARTS) is 1. The number of methoxy groups -OCH3 is 1. The minimum atomic E-state index is -1.05. The lowest BCUT2D eigenvalue weighted by atomic mass is 9.99. The molecule has 0 aliphatic rings. The van der Waals surface area contributed by atoms with E-state index in [4.69, 9.17) is 9.47 Å². The fraction of sp³-hybridized carbons (Fsp3) is 0.500. The number of ether oxygens (including phenoxy) is 2. The van der Waals surface area contributed by atoms with Crippen LogP contribution in [0.1, 0.15) is 37.6 Å². The fourth-order valence-corrected chi connectivity index (χ4v) is 2.05. The van der Waals surface area contributed by atoms with Crippen LogP contribution >= 0.6 is 0 Å². The summed E-state index contributed by atoms with van der Waals surface area (Å²) in [5, 5.41) is 11.8. The molecular weight excluding hydrogens is 286 g/mol. The molecule has 6 heteroatoms. The molecule has 0 spiro atoms. The summed E-state index contributed by atoms with van der Waals surface area (Å²) in [5.41, 5.74) is 0.260. The zero-order chi connectivity index (χ0) is 16.7. The SMILES string of the molecule is CCOc1c(OC)cccc1C(=O)NC(C(=O)O)C(C)CC. The Labute approximate surface area is 130 Å². The van der Waals surface area contributed by atoms with Gasteiger partial charge in [-0.05, 0) is 25.0 Å². The lowest BCUT2D eigenvalue weighted by Crippen LogP contribution is -2.45. The number of hydrogen-bond donors (Lipinski definition) is 2. The molecule has 0 aliphatic heterocycles. The first-order valence-corrected chi connectivity index (χ1v) is 7.29. The first-order chi connectivity index (χ1) is 10.5. The lowest BCUT2D eigenvalue weighted by Gasteiger charge is -2.21. The summed E-state index contributed by atoms with van der Waals surface area (Å²) >= 11 is 0. The van der Waals surface area contributed by atoms with Crippen molar-refractivity contribution in [3.8, 4) is 11.5 Å². The Morgan fingerprint density at radius 3 is 2.50 bits per heavy atom. The predicted molar refractivity (Wildman–Crippen MR) is 82.5 cm³/mol. The Bertz CT molecular complexity index is 529. The number of nitrogens with one attached hydrogen (secondary N) is 1. The standard InChI is InChI=1S/C16H23NO5/c1-5-10(3)13(16(19)20)17-15(18)11-8-7-9-12(21-4)14(11)22-6-2/h7-10,13H,5-6H2,1-4H3,(H,17,18)(H,19,20). The number of hydrogen-bond acceptors (Lipinski definition) is 4. The first-order valence-electron chi connectivity index (χ1n) is 7.29. The van der Waals surface area contributed by atoms with Gasteiger partial charge in [-0.1, -0.05) is 26.3 Å². The van der Waals surface area contributed by atoms with Gasteiger partial charge in [-0.3, -0.25) is 4.79 Å². The second-order valence-corrected chi connectivity index (χ2v) is 4.94. The van der Waals surface area contributed by atoms with Crippen LogP contribution in [0, 0.1) is 5.92 Å². The summed E-state index contributed by atoms with van der Waals surface area (Å²) < 4.78 is 10.7. The molecule has 122 valence electrons. The molecule has 1 rings (SSSR count). The van der Waals surface area contributed by atoms with Crippen molar-refractivity contribution in [2.45, 2.75) is 33.2 Å². The smallest absolute Gasteiger partial charge is 0.326 e. The third kappa shape index (κ3) is 4.13. The molecule has 6 nitrogen and oxygen atoms in total. The van der Waals surface area contributed by atoms with Crippen molar-refractivity contribution in [2.24, 2.45) is 5.92 Å². The van der Waals surface area contributed by atoms with E-state index in [-0.39, 0.29) is 11.5 Å². The van der Waals surface area contributed by atoms with Gasteiger partial charge in [0.25, 0.3) is 5.91 Å². The maximum Gasteiger partial charge on any atom is 0.326 e. The second kappa shape index (κ2) is 8.26. The minimum Gasteiger partial charge on any atom is -0.493 e. The Kier molecular flexibility index (Phi) is 6.69. The fourth-order valence-electron chi connectivity index (χ4n) is 2.05. The molecule has 22 heavy (non-hydrogen) atoms. The highest BCUT2D eigenvalue weighted by Gasteiger charge is 2.27. The van der Waals surface area contributed by atoms with Gasteiger partial charge in [-0.15, -0.1) is 0 Å². The van der Waals surface area contributed by atoms with Crippen LogP contribution in [0.15, 0.2) is 18.2 Å². The van der Waals surface area contributed by atoms with E-state index in [1.165, 1.54) is 7.11 Å². The largest absolute Gasteiger partial charge is 0.493 e. The van der Waals surface area contributed by atoms with E-state index in [0.717, 1.165) is 0 Å². The van der Waals surface area contributed by atoms with Crippen LogP contribution in [0.4, 0.5) is 0 Å². The molecule has 0 heterocycles. The molecule has 2 unspecified atom stereocenters. The van der Waals surface area contributed by atoms with E-state index in [2.05, 4.69) is 5.32 Å². The lowest BCUT2D eigenvalue weighted by molar-refractivity contribution is -0.140. The normalized spacial score (nSPS) is 13.1. The summed E-state index contributed by atoms with van der Waals surface area (Å²) in [7, 11) is 1.48. The topological polar surface area (TPSA) is 84.9 Å². The van der Waals surface area contributed by atoms with E-state index < -0.39 is 17.9 Å². The second-order valence-electron chi connectivity index (χ2n) is 4.94. The minimum absolute atomic E-state index is 0.178. The van der Waals surface area contributed by atoms with Crippen LogP contribution in [0.25, 0.3) is 0 Å². The van der Waals surface area contributed by atoms with Crippen LogP contribution in [0.3, 0.4) is 0 Å². The third-order valence-electron chi connectivity index (χ3n) is 3.50. The third-order valence-corrected chi connectivity index (χ3v) is 3.50. The van der Waals surface area contributed by atoms with Crippen molar-refractivity contribution >= 4 is 11.9 Å². The predicted octanol–water partition coefficient (Wildman–Crippen LogP) is 2.32. The van der Waals surface area contributed by atoms with Crippen molar-refractivity contribution < 1.29 is 24.2 Å². The van der Waals surface area contributed by atoms with Crippen LogP contribution < -0.4 is 14.8 Å². The average molecular weight is 309 g/mol. The summed E-state index contributed by atoms with van der Waals surface area (Å²) in [6, 6.07) is 3.98. The zero-order valence-electron chi connectivity index (χ0n) is 13.4. The van der Waals surface area contributed by atoms with Gasteiger partial charge < -0.3 is 19.9 Å². The van der Waals surface area contributed by atoms with Gasteiger partial charge in [-0.25, -0.2) is 4.79 Å². The van der Waals surface area contributed by atoms with Crippen molar-refractivity contribution in [3.05, 3.63) is 23.8 Å². The maximum absolute atomic E-state index is 12.4. The van der Waals surface area contributed by atoms with E-state index in [0.29, 0.717) is 24.5 Å². The van der Waals surface area contributed by atoms with E-state index >= 15 is 0 Å². The molecule has 0 aliphatic carbocycles. The molecule has 2 N–H and O–H groups in total. The summed E-state index contributed by atoms with van der Waals surface area (Å²) in [6.07, 6.45) is 0.647. The molecular formula is C16H23NO5. The molecule has 1 amide bonds. The van der Waals surface area contributed by atoms with Crippen molar-refractivity contribution in [2.75, 3.05) is 13.7 Å². The molecule has 1 aromatic rings. The molecule has 0 saturated carbocycles. The van der Waals surface area contributed by atoms with Gasteiger partial charge in [0, 0.05) is 0 Å². The summed E-state index contributed by atoms with van der Waals surface area (Å²) in [5.74, 6) is -0.968. The Balaban J connectivity index is 3.09. The van der Waals surface area contributed by atoms with E-state index in [1.54, 1.807) is 32.0 Å². The Hall–Kier alpha value is -2.24. The van der Waals surface area contributed by atoms with E-state index in [1.807, 2.05) is 6.92 Å². The molecule has 0 radical (unpaired) electrons. The molecule has 0 saturated heterocycles. The molecule has 2 atom stereocenters. The van der Waals surface area contributed by atoms with Gasteiger partial charge in [0.1, 0.15) is 6.04 Å². The molecule has 0 bridgehead atoms. The number of rotatable bonds is 8. The quantitative estimate of drug-likeness (QED) is 0.770. The number of benzene rings is 1. The van der Waals surface area contributed by atoms with Crippen LogP contribution in [-0.4, -0.2) is 36.7 Å². The Morgan fingerprint density at radius 1 is 1.32 bits per heavy atom. The first kappa shape index (κ1) is 17.8. The van der Waals surface area contributed by atoms with E-state index in [9.17, 15) is 14.7 Å². The van der Waals surface area contributed by atoms with Crippen LogP contribution in [0.2, 0.25) is 0 Å². The number of carbonyl (C=O) groups excluding carboxylic acids is 1. The van der Waals surface area contributed by atoms with Gasteiger partial charge in [-0.2, -0.15) is 0 Å². The molecule has 1 aromatic carbocycles. The number of carboxylic acids is 1. The van der Waals surface area contributed by atoms with Crippen LogP contribution in [0.5, 0.6) is 11.5 Å². The van der Waals surface area contributed by atoms with Gasteiger partial charge in [0.15, 0.2) is 11.5 Å². The number of carbonyl (C=O) groups is 2. The van der Waals surface area contributed by atoms with Gasteiger partial charge in [0.2, 0.25) is 0 Å². The monoisotopic (exact) mass is 309 g/mol. The highest BCUT2D eigenvalue weighted by Crippen LogP contribution is 2.31. The highest BCUT2D eigenvalue weighted by atomic mass is 16.5. The molecule has 0 aromatic heterocycles. The van der Waals surface area contributed by atoms with Gasteiger partial charge >= 0.3 is 5.97 Å². The molecule has 0 fully saturated rings. The zero-order valence-corrected chi connectivity index (χ0v) is 13.4. The Morgan fingerprint density at radius 2 is 2.00 bits per heavy atom. The van der Waals surface area contributed by atoms with Crippen LogP contribution in [-0.2, 0) is 4.79 Å². The average Bonchev–Trinajstić information content (AvgIpc) is 2.51.